The van der Waals surface area contributed by atoms with Gasteiger partial charge in [0.05, 0.1) is 16.3 Å². The highest BCUT2D eigenvalue weighted by molar-refractivity contribution is 6.33. The molecule has 0 unspecified atom stereocenters. The molecule has 0 fully saturated rings. The zero-order valence-electron chi connectivity index (χ0n) is 9.29. The van der Waals surface area contributed by atoms with Crippen molar-refractivity contribution in [2.24, 2.45) is 7.05 Å². The van der Waals surface area contributed by atoms with Crippen molar-refractivity contribution < 1.29 is 13.2 Å². The van der Waals surface area contributed by atoms with Crippen LogP contribution in [-0.2, 0) is 13.2 Å². The first-order valence-corrected chi connectivity index (χ1v) is 5.34. The van der Waals surface area contributed by atoms with E-state index in [0.29, 0.717) is 0 Å². The number of aryl methyl sites for hydroxylation is 1. The maximum absolute atomic E-state index is 12.9. The van der Waals surface area contributed by atoms with Crippen LogP contribution >= 0.6 is 11.6 Å². The van der Waals surface area contributed by atoms with E-state index in [0.717, 1.165) is 6.07 Å². The molecule has 0 aliphatic heterocycles. The summed E-state index contributed by atoms with van der Waals surface area (Å²) in [6, 6.07) is 4.96. The Morgan fingerprint density at radius 2 is 2.00 bits per heavy atom. The van der Waals surface area contributed by atoms with Gasteiger partial charge in [-0.25, -0.2) is 0 Å². The lowest BCUT2D eigenvalue weighted by atomic mass is 10.0. The lowest BCUT2D eigenvalue weighted by Gasteiger charge is -2.12. The number of nitrogens with two attached hydrogens (primary N) is 1. The molecule has 0 aliphatic carbocycles. The van der Waals surface area contributed by atoms with Gasteiger partial charge in [-0.05, 0) is 12.1 Å². The van der Waals surface area contributed by atoms with Crippen molar-refractivity contribution in [3.63, 3.8) is 0 Å². The Morgan fingerprint density at radius 1 is 1.33 bits per heavy atom. The topological polar surface area (TPSA) is 43.8 Å². The Labute approximate surface area is 106 Å². The number of hydrogen-bond donors (Lipinski definition) is 1. The second-order valence-electron chi connectivity index (χ2n) is 3.74. The lowest BCUT2D eigenvalue weighted by molar-refractivity contribution is -0.137. The van der Waals surface area contributed by atoms with E-state index in [1.165, 1.54) is 22.9 Å². The number of halogens is 4. The molecule has 7 heteroatoms. The largest absolute Gasteiger partial charge is 0.417 e. The zero-order valence-corrected chi connectivity index (χ0v) is 10.0. The second-order valence-corrected chi connectivity index (χ2v) is 4.15. The number of nitrogens with zero attached hydrogens (tertiary/aromatic N) is 2. The molecule has 2 rings (SSSR count). The number of benzene rings is 1. The quantitative estimate of drug-likeness (QED) is 0.867. The number of nitrogen functional groups attached to an aromatic ring is 1. The van der Waals surface area contributed by atoms with E-state index in [2.05, 4.69) is 5.10 Å². The van der Waals surface area contributed by atoms with Gasteiger partial charge in [-0.15, -0.1) is 0 Å². The molecule has 1 heterocycles. The monoisotopic (exact) mass is 275 g/mol. The SMILES string of the molecule is Cn1nc(-c2c(Cl)cccc2C(F)(F)F)cc1N. The fourth-order valence-electron chi connectivity index (χ4n) is 1.62. The molecule has 1 aromatic carbocycles. The van der Waals surface area contributed by atoms with Gasteiger partial charge in [-0.2, -0.15) is 18.3 Å². The van der Waals surface area contributed by atoms with Gasteiger partial charge in [0.1, 0.15) is 5.82 Å². The second kappa shape index (κ2) is 4.20. The predicted molar refractivity (Wildman–Crippen MR) is 63.1 cm³/mol. The van der Waals surface area contributed by atoms with E-state index < -0.39 is 11.7 Å². The molecule has 2 aromatic rings. The first-order chi connectivity index (χ1) is 8.30. The van der Waals surface area contributed by atoms with Gasteiger partial charge in [-0.1, -0.05) is 17.7 Å². The minimum atomic E-state index is -4.49. The van der Waals surface area contributed by atoms with Gasteiger partial charge in [0.25, 0.3) is 0 Å². The Balaban J connectivity index is 2.70. The van der Waals surface area contributed by atoms with Crippen LogP contribution in [0.15, 0.2) is 24.3 Å². The van der Waals surface area contributed by atoms with Gasteiger partial charge < -0.3 is 5.73 Å². The zero-order chi connectivity index (χ0) is 13.5. The van der Waals surface area contributed by atoms with Crippen LogP contribution in [0.3, 0.4) is 0 Å². The molecule has 3 nitrogen and oxygen atoms in total. The summed E-state index contributed by atoms with van der Waals surface area (Å²) in [5.41, 5.74) is 4.69. The van der Waals surface area contributed by atoms with Gasteiger partial charge in [-0.3, -0.25) is 4.68 Å². The summed E-state index contributed by atoms with van der Waals surface area (Å²) >= 11 is 5.84. The van der Waals surface area contributed by atoms with Gasteiger partial charge >= 0.3 is 6.18 Å². The fourth-order valence-corrected chi connectivity index (χ4v) is 1.90. The van der Waals surface area contributed by atoms with Crippen LogP contribution in [-0.4, -0.2) is 9.78 Å². The normalized spacial score (nSPS) is 11.8. The van der Waals surface area contributed by atoms with Crippen LogP contribution in [0.1, 0.15) is 5.56 Å². The maximum Gasteiger partial charge on any atom is 0.417 e. The number of rotatable bonds is 1. The summed E-state index contributed by atoms with van der Waals surface area (Å²) in [5.74, 6) is 0.262. The molecular weight excluding hydrogens is 267 g/mol. The number of alkyl halides is 3. The molecule has 96 valence electrons. The van der Waals surface area contributed by atoms with Crippen LogP contribution in [0.4, 0.5) is 19.0 Å². The van der Waals surface area contributed by atoms with Crippen LogP contribution in [0.25, 0.3) is 11.3 Å². The molecule has 0 atom stereocenters. The van der Waals surface area contributed by atoms with E-state index in [-0.39, 0.29) is 22.1 Å². The Morgan fingerprint density at radius 3 is 2.50 bits per heavy atom. The predicted octanol–water partition coefficient (Wildman–Crippen LogP) is 3.34. The summed E-state index contributed by atoms with van der Waals surface area (Å²) < 4.78 is 40.0. The Kier molecular flexibility index (Phi) is 2.98. The van der Waals surface area contributed by atoms with Crippen LogP contribution < -0.4 is 5.73 Å². The Hall–Kier alpha value is -1.69. The molecule has 0 saturated carbocycles. The molecule has 2 N–H and O–H groups in total. The van der Waals surface area contributed by atoms with E-state index in [1.807, 2.05) is 0 Å². The summed E-state index contributed by atoms with van der Waals surface area (Å²) in [6.45, 7) is 0. The van der Waals surface area contributed by atoms with Crippen molar-refractivity contribution in [2.75, 3.05) is 5.73 Å². The summed E-state index contributed by atoms with van der Waals surface area (Å²) in [7, 11) is 1.54. The highest BCUT2D eigenvalue weighted by atomic mass is 35.5. The number of aromatic nitrogens is 2. The molecule has 0 amide bonds. The van der Waals surface area contributed by atoms with E-state index in [9.17, 15) is 13.2 Å². The highest BCUT2D eigenvalue weighted by Gasteiger charge is 2.35. The standard InChI is InChI=1S/C11H9ClF3N3/c1-18-9(16)5-8(17-18)10-6(11(13,14)15)3-2-4-7(10)12/h2-5H,16H2,1H3. The van der Waals surface area contributed by atoms with Crippen molar-refractivity contribution in [1.29, 1.82) is 0 Å². The molecule has 0 spiro atoms. The summed E-state index contributed by atoms with van der Waals surface area (Å²) in [6.07, 6.45) is -4.49. The maximum atomic E-state index is 12.9. The minimum absolute atomic E-state index is 0.0112. The highest BCUT2D eigenvalue weighted by Crippen LogP contribution is 2.40. The molecule has 1 aromatic heterocycles. The number of anilines is 1. The number of hydrogen-bond acceptors (Lipinski definition) is 2. The van der Waals surface area contributed by atoms with Crippen LogP contribution in [0.5, 0.6) is 0 Å². The minimum Gasteiger partial charge on any atom is -0.384 e. The Bertz CT molecular complexity index is 570. The van der Waals surface area contributed by atoms with Gasteiger partial charge in [0.15, 0.2) is 0 Å². The molecule has 0 aliphatic rings. The summed E-state index contributed by atoms with van der Waals surface area (Å²) in [4.78, 5) is 0. The molecule has 0 saturated heterocycles. The first-order valence-electron chi connectivity index (χ1n) is 4.96. The van der Waals surface area contributed by atoms with E-state index in [4.69, 9.17) is 17.3 Å². The third-order valence-electron chi connectivity index (χ3n) is 2.49. The third-order valence-corrected chi connectivity index (χ3v) is 2.81. The van der Waals surface area contributed by atoms with Crippen molar-refractivity contribution in [2.45, 2.75) is 6.18 Å². The molecule has 0 bridgehead atoms. The molecular formula is C11H9ClF3N3. The van der Waals surface area contributed by atoms with Crippen molar-refractivity contribution in [3.8, 4) is 11.3 Å². The molecule has 18 heavy (non-hydrogen) atoms. The summed E-state index contributed by atoms with van der Waals surface area (Å²) in [5, 5.41) is 3.91. The first kappa shape index (κ1) is 12.8. The lowest BCUT2D eigenvalue weighted by Crippen LogP contribution is -2.07. The van der Waals surface area contributed by atoms with E-state index in [1.54, 1.807) is 7.05 Å². The van der Waals surface area contributed by atoms with Gasteiger partial charge in [0, 0.05) is 18.7 Å². The van der Waals surface area contributed by atoms with Crippen molar-refractivity contribution in [1.82, 2.24) is 9.78 Å². The average molecular weight is 276 g/mol. The smallest absolute Gasteiger partial charge is 0.384 e. The average Bonchev–Trinajstić information content (AvgIpc) is 2.57. The molecule has 0 radical (unpaired) electrons. The fraction of sp³-hybridized carbons (Fsp3) is 0.182. The van der Waals surface area contributed by atoms with Crippen LogP contribution in [0, 0.1) is 0 Å². The third kappa shape index (κ3) is 2.15. The van der Waals surface area contributed by atoms with Crippen molar-refractivity contribution >= 4 is 17.4 Å². The van der Waals surface area contributed by atoms with Gasteiger partial charge in [0.2, 0.25) is 0 Å². The van der Waals surface area contributed by atoms with Crippen LogP contribution in [0.2, 0.25) is 5.02 Å². The van der Waals surface area contributed by atoms with E-state index >= 15 is 0 Å². The van der Waals surface area contributed by atoms with Crippen molar-refractivity contribution in [3.05, 3.63) is 34.9 Å².